The Hall–Kier alpha value is -0.150. The number of aliphatic hydroxyl groups is 1. The van der Waals surface area contributed by atoms with Crippen molar-refractivity contribution in [1.29, 1.82) is 0 Å². The molecule has 1 aromatic carbocycles. The number of rotatable bonds is 3. The van der Waals surface area contributed by atoms with Crippen LogP contribution >= 0.6 is 34.8 Å². The van der Waals surface area contributed by atoms with Crippen molar-refractivity contribution in [2.24, 2.45) is 0 Å². The van der Waals surface area contributed by atoms with Crippen LogP contribution in [0.5, 0.6) is 5.75 Å². The summed E-state index contributed by atoms with van der Waals surface area (Å²) in [5, 5.41) is 9.02. The maximum Gasteiger partial charge on any atom is 0.267 e. The lowest BCUT2D eigenvalue weighted by Gasteiger charge is -2.19. The van der Waals surface area contributed by atoms with E-state index in [0.29, 0.717) is 5.75 Å². The van der Waals surface area contributed by atoms with Gasteiger partial charge in [-0.15, -0.1) is 0 Å². The van der Waals surface area contributed by atoms with E-state index in [1.165, 1.54) is 0 Å². The largest absolute Gasteiger partial charge is 0.469 e. The molecule has 1 aromatic rings. The summed E-state index contributed by atoms with van der Waals surface area (Å²) < 4.78 is 2.93. The highest BCUT2D eigenvalue weighted by atomic mass is 35.5. The molecule has 0 radical (unpaired) electrons. The number of halogens is 3. The fraction of sp³-hybridized carbons (Fsp3) is 0.250. The molecular formula is C8H7Cl3O2. The summed E-state index contributed by atoms with van der Waals surface area (Å²) in [5.41, 5.74) is -1.21. The number of alkyl halides is 3. The standard InChI is InChI=1S/C8H7Cl3O2/c9-7(8(10,11)12)13-6-4-2-1-3-5-6/h1-5,7,12H. The zero-order valence-corrected chi connectivity index (χ0v) is 8.72. The maximum absolute atomic E-state index is 9.02. The highest BCUT2D eigenvalue weighted by Gasteiger charge is 2.32. The Kier molecular flexibility index (Phi) is 3.68. The molecule has 0 heterocycles. The molecule has 2 nitrogen and oxygen atoms in total. The average molecular weight is 242 g/mol. The van der Waals surface area contributed by atoms with Gasteiger partial charge in [0.25, 0.3) is 4.52 Å². The van der Waals surface area contributed by atoms with Gasteiger partial charge in [0.15, 0.2) is 0 Å². The van der Waals surface area contributed by atoms with Crippen molar-refractivity contribution in [3.63, 3.8) is 0 Å². The molecule has 0 fully saturated rings. The summed E-state index contributed by atoms with van der Waals surface area (Å²) >= 11 is 16.2. The molecule has 0 aliphatic carbocycles. The van der Waals surface area contributed by atoms with Crippen LogP contribution in [0.3, 0.4) is 0 Å². The SMILES string of the molecule is OC(Cl)(Cl)C(Cl)Oc1ccccc1. The van der Waals surface area contributed by atoms with Crippen LogP contribution in [-0.4, -0.2) is 15.2 Å². The van der Waals surface area contributed by atoms with Gasteiger partial charge in [0.2, 0.25) is 5.56 Å². The molecule has 0 aliphatic rings. The van der Waals surface area contributed by atoms with E-state index in [2.05, 4.69) is 0 Å². The molecule has 0 bridgehead atoms. The number of benzene rings is 1. The Labute approximate surface area is 91.0 Å². The van der Waals surface area contributed by atoms with E-state index in [1.54, 1.807) is 24.3 Å². The normalized spacial score (nSPS) is 13.8. The average Bonchev–Trinajstić information content (AvgIpc) is 2.04. The van der Waals surface area contributed by atoms with Crippen molar-refractivity contribution >= 4 is 34.8 Å². The smallest absolute Gasteiger partial charge is 0.267 e. The van der Waals surface area contributed by atoms with Crippen LogP contribution in [0.25, 0.3) is 0 Å². The van der Waals surface area contributed by atoms with Crippen LogP contribution in [0.2, 0.25) is 0 Å². The van der Waals surface area contributed by atoms with E-state index in [-0.39, 0.29) is 0 Å². The van der Waals surface area contributed by atoms with Gasteiger partial charge in [0, 0.05) is 0 Å². The predicted molar refractivity (Wildman–Crippen MR) is 53.4 cm³/mol. The van der Waals surface area contributed by atoms with Crippen LogP contribution in [0.1, 0.15) is 0 Å². The van der Waals surface area contributed by atoms with E-state index in [1.807, 2.05) is 6.07 Å². The number of hydrogen-bond donors (Lipinski definition) is 1. The first kappa shape index (κ1) is 10.9. The van der Waals surface area contributed by atoms with Crippen LogP contribution in [0.4, 0.5) is 0 Å². The van der Waals surface area contributed by atoms with Crippen LogP contribution < -0.4 is 4.74 Å². The second-order valence-corrected chi connectivity index (χ2v) is 4.08. The molecule has 1 rings (SSSR count). The molecule has 1 atom stereocenters. The van der Waals surface area contributed by atoms with Crippen molar-refractivity contribution in [2.75, 3.05) is 0 Å². The molecule has 1 N–H and O–H groups in total. The molecule has 0 aromatic heterocycles. The van der Waals surface area contributed by atoms with Crippen molar-refractivity contribution in [2.45, 2.75) is 10.1 Å². The third kappa shape index (κ3) is 3.61. The monoisotopic (exact) mass is 240 g/mol. The third-order valence-corrected chi connectivity index (χ3v) is 2.28. The summed E-state index contributed by atoms with van der Waals surface area (Å²) in [5.74, 6) is 0.488. The minimum absolute atomic E-state index is 0.488. The van der Waals surface area contributed by atoms with Crippen LogP contribution in [-0.2, 0) is 0 Å². The van der Waals surface area contributed by atoms with Gasteiger partial charge < -0.3 is 9.84 Å². The second kappa shape index (κ2) is 4.38. The molecule has 72 valence electrons. The van der Waals surface area contributed by atoms with Crippen molar-refractivity contribution in [3.05, 3.63) is 30.3 Å². The van der Waals surface area contributed by atoms with E-state index in [4.69, 9.17) is 44.6 Å². The quantitative estimate of drug-likeness (QED) is 0.825. The van der Waals surface area contributed by atoms with Gasteiger partial charge in [-0.2, -0.15) is 0 Å². The second-order valence-electron chi connectivity index (χ2n) is 2.33. The van der Waals surface area contributed by atoms with Crippen LogP contribution in [0.15, 0.2) is 30.3 Å². The zero-order valence-electron chi connectivity index (χ0n) is 6.45. The number of ether oxygens (including phenoxy) is 1. The lowest BCUT2D eigenvalue weighted by molar-refractivity contribution is 0.111. The Morgan fingerprint density at radius 3 is 2.23 bits per heavy atom. The Morgan fingerprint density at radius 1 is 1.23 bits per heavy atom. The van der Waals surface area contributed by atoms with Gasteiger partial charge in [-0.25, -0.2) is 0 Å². The van der Waals surface area contributed by atoms with Crippen molar-refractivity contribution < 1.29 is 9.84 Å². The van der Waals surface area contributed by atoms with E-state index in [9.17, 15) is 0 Å². The van der Waals surface area contributed by atoms with E-state index in [0.717, 1.165) is 0 Å². The Morgan fingerprint density at radius 2 is 1.77 bits per heavy atom. The Balaban J connectivity index is 2.61. The lowest BCUT2D eigenvalue weighted by Crippen LogP contribution is -2.30. The molecular weight excluding hydrogens is 234 g/mol. The maximum atomic E-state index is 9.02. The topological polar surface area (TPSA) is 29.5 Å². The lowest BCUT2D eigenvalue weighted by atomic mass is 10.3. The minimum atomic E-state index is -2.10. The fourth-order valence-electron chi connectivity index (χ4n) is 0.689. The molecule has 5 heteroatoms. The summed E-state index contributed by atoms with van der Waals surface area (Å²) in [7, 11) is 0. The highest BCUT2D eigenvalue weighted by Crippen LogP contribution is 2.28. The molecule has 13 heavy (non-hydrogen) atoms. The van der Waals surface area contributed by atoms with Gasteiger partial charge >= 0.3 is 0 Å². The number of hydrogen-bond acceptors (Lipinski definition) is 2. The molecule has 1 unspecified atom stereocenters. The summed E-state index contributed by atoms with van der Waals surface area (Å²) in [6, 6.07) is 8.70. The summed E-state index contributed by atoms with van der Waals surface area (Å²) in [6.45, 7) is 0. The van der Waals surface area contributed by atoms with Gasteiger partial charge in [-0.1, -0.05) is 53.0 Å². The van der Waals surface area contributed by atoms with Gasteiger partial charge in [-0.05, 0) is 12.1 Å². The molecule has 0 saturated carbocycles. The van der Waals surface area contributed by atoms with E-state index >= 15 is 0 Å². The molecule has 0 amide bonds. The first-order chi connectivity index (χ1) is 6.00. The van der Waals surface area contributed by atoms with Crippen molar-refractivity contribution in [1.82, 2.24) is 0 Å². The summed E-state index contributed by atoms with van der Waals surface area (Å²) in [4.78, 5) is 0. The first-order valence-corrected chi connectivity index (χ1v) is 4.65. The molecule has 0 spiro atoms. The Bertz CT molecular complexity index is 258. The zero-order chi connectivity index (χ0) is 9.90. The minimum Gasteiger partial charge on any atom is -0.469 e. The molecule has 0 aliphatic heterocycles. The third-order valence-electron chi connectivity index (χ3n) is 1.26. The number of para-hydroxylation sites is 1. The first-order valence-electron chi connectivity index (χ1n) is 3.46. The van der Waals surface area contributed by atoms with Gasteiger partial charge in [0.05, 0.1) is 0 Å². The highest BCUT2D eigenvalue weighted by molar-refractivity contribution is 6.50. The summed E-state index contributed by atoms with van der Waals surface area (Å²) in [6.07, 6.45) is 0. The van der Waals surface area contributed by atoms with Gasteiger partial charge in [-0.3, -0.25) is 0 Å². The van der Waals surface area contributed by atoms with Gasteiger partial charge in [0.1, 0.15) is 5.75 Å². The van der Waals surface area contributed by atoms with Crippen LogP contribution in [0, 0.1) is 0 Å². The predicted octanol–water partition coefficient (Wildman–Crippen LogP) is 2.75. The van der Waals surface area contributed by atoms with E-state index < -0.39 is 10.1 Å². The fourth-order valence-corrected chi connectivity index (χ4v) is 0.881. The van der Waals surface area contributed by atoms with Crippen molar-refractivity contribution in [3.8, 4) is 5.75 Å². The molecule has 0 saturated heterocycles.